The van der Waals surface area contributed by atoms with Gasteiger partial charge in [-0.05, 0) is 37.0 Å². The number of nitrogens with one attached hydrogen (secondary N) is 1. The number of amides is 2. The number of hydrogen-bond acceptors (Lipinski definition) is 3. The van der Waals surface area contributed by atoms with Crippen LogP contribution in [0.3, 0.4) is 0 Å². The van der Waals surface area contributed by atoms with Crippen molar-refractivity contribution in [1.29, 1.82) is 0 Å². The van der Waals surface area contributed by atoms with E-state index >= 15 is 0 Å². The van der Waals surface area contributed by atoms with E-state index < -0.39 is 6.04 Å². The lowest BCUT2D eigenvalue weighted by atomic mass is 10.1. The fourth-order valence-electron chi connectivity index (χ4n) is 4.05. The molecule has 32 heavy (non-hydrogen) atoms. The maximum Gasteiger partial charge on any atom is 0.243 e. The Hall–Kier alpha value is -1.69. The molecule has 1 fully saturated rings. The SMILES string of the molecule is CC[C@@H](C(=O)NC1CCCC1)N(Cc1c(Cl)cccc1Cl)C(=O)CSCc1ccccc1. The van der Waals surface area contributed by atoms with Crippen molar-refractivity contribution in [3.05, 3.63) is 69.7 Å². The van der Waals surface area contributed by atoms with Crippen LogP contribution < -0.4 is 5.32 Å². The monoisotopic (exact) mass is 492 g/mol. The summed E-state index contributed by atoms with van der Waals surface area (Å²) in [6.45, 7) is 2.14. The molecular weight excluding hydrogens is 463 g/mol. The van der Waals surface area contributed by atoms with Crippen molar-refractivity contribution in [3.8, 4) is 0 Å². The zero-order chi connectivity index (χ0) is 22.9. The van der Waals surface area contributed by atoms with E-state index in [1.165, 1.54) is 0 Å². The van der Waals surface area contributed by atoms with Crippen LogP contribution in [0.1, 0.15) is 50.2 Å². The molecule has 3 rings (SSSR count). The van der Waals surface area contributed by atoms with E-state index in [1.54, 1.807) is 34.9 Å². The zero-order valence-corrected chi connectivity index (χ0v) is 20.7. The van der Waals surface area contributed by atoms with Gasteiger partial charge in [-0.2, -0.15) is 0 Å². The quantitative estimate of drug-likeness (QED) is 0.436. The predicted octanol–water partition coefficient (Wildman–Crippen LogP) is 6.09. The Labute approximate surface area is 205 Å². The van der Waals surface area contributed by atoms with Crippen LogP contribution in [0.15, 0.2) is 48.5 Å². The summed E-state index contributed by atoms with van der Waals surface area (Å²) >= 11 is 14.3. The second-order valence-electron chi connectivity index (χ2n) is 8.11. The zero-order valence-electron chi connectivity index (χ0n) is 18.4. The van der Waals surface area contributed by atoms with Crippen molar-refractivity contribution in [1.82, 2.24) is 10.2 Å². The fourth-order valence-corrected chi connectivity index (χ4v) is 5.44. The number of benzene rings is 2. The van der Waals surface area contributed by atoms with Gasteiger partial charge in [-0.3, -0.25) is 9.59 Å². The highest BCUT2D eigenvalue weighted by atomic mass is 35.5. The molecular formula is C25H30Cl2N2O2S. The van der Waals surface area contributed by atoms with Gasteiger partial charge in [-0.25, -0.2) is 0 Å². The van der Waals surface area contributed by atoms with Gasteiger partial charge in [-0.1, -0.05) is 79.4 Å². The Bertz CT molecular complexity index is 884. The van der Waals surface area contributed by atoms with Gasteiger partial charge in [0.1, 0.15) is 6.04 Å². The minimum absolute atomic E-state index is 0.0876. The Morgan fingerprint density at radius 2 is 1.72 bits per heavy atom. The minimum atomic E-state index is -0.562. The van der Waals surface area contributed by atoms with Gasteiger partial charge in [0.25, 0.3) is 0 Å². The smallest absolute Gasteiger partial charge is 0.243 e. The lowest BCUT2D eigenvalue weighted by Crippen LogP contribution is -2.51. The summed E-state index contributed by atoms with van der Waals surface area (Å²) in [5.41, 5.74) is 1.83. The topological polar surface area (TPSA) is 49.4 Å². The Morgan fingerprint density at radius 3 is 2.34 bits per heavy atom. The van der Waals surface area contributed by atoms with E-state index in [4.69, 9.17) is 23.2 Å². The average molecular weight is 494 g/mol. The second kappa shape index (κ2) is 12.5. The van der Waals surface area contributed by atoms with E-state index in [1.807, 2.05) is 37.3 Å². The maximum absolute atomic E-state index is 13.3. The number of carbonyl (C=O) groups is 2. The molecule has 0 bridgehead atoms. The Balaban J connectivity index is 1.75. The highest BCUT2D eigenvalue weighted by Crippen LogP contribution is 2.28. The third-order valence-electron chi connectivity index (χ3n) is 5.81. The van der Waals surface area contributed by atoms with Crippen LogP contribution in [0.25, 0.3) is 0 Å². The van der Waals surface area contributed by atoms with Crippen LogP contribution in [0, 0.1) is 0 Å². The first kappa shape index (κ1) is 24.9. The maximum atomic E-state index is 13.3. The first-order valence-electron chi connectivity index (χ1n) is 11.1. The van der Waals surface area contributed by atoms with Crippen LogP contribution in [-0.4, -0.2) is 34.6 Å². The molecule has 2 aromatic rings. The highest BCUT2D eigenvalue weighted by Gasteiger charge is 2.31. The second-order valence-corrected chi connectivity index (χ2v) is 9.91. The van der Waals surface area contributed by atoms with E-state index in [9.17, 15) is 9.59 Å². The number of rotatable bonds is 10. The van der Waals surface area contributed by atoms with Crippen molar-refractivity contribution < 1.29 is 9.59 Å². The molecule has 0 spiro atoms. The first-order valence-corrected chi connectivity index (χ1v) is 13.0. The number of thioether (sulfide) groups is 1. The molecule has 0 aliphatic heterocycles. The molecule has 1 aliphatic carbocycles. The molecule has 1 atom stereocenters. The molecule has 7 heteroatoms. The van der Waals surface area contributed by atoms with Gasteiger partial charge in [-0.15, -0.1) is 11.8 Å². The van der Waals surface area contributed by atoms with E-state index in [2.05, 4.69) is 5.32 Å². The lowest BCUT2D eigenvalue weighted by Gasteiger charge is -2.32. The van der Waals surface area contributed by atoms with Crippen LogP contribution >= 0.6 is 35.0 Å². The third-order valence-corrected chi connectivity index (χ3v) is 7.51. The Kier molecular flexibility index (Phi) is 9.76. The lowest BCUT2D eigenvalue weighted by molar-refractivity contribution is -0.139. The predicted molar refractivity (Wildman–Crippen MR) is 134 cm³/mol. The number of hydrogen-bond donors (Lipinski definition) is 1. The van der Waals surface area contributed by atoms with Crippen molar-refractivity contribution >= 4 is 46.8 Å². The van der Waals surface area contributed by atoms with Crippen molar-refractivity contribution in [2.45, 2.75) is 63.4 Å². The van der Waals surface area contributed by atoms with Gasteiger partial charge in [0.05, 0.1) is 5.75 Å². The van der Waals surface area contributed by atoms with Crippen LogP contribution in [-0.2, 0) is 21.9 Å². The normalized spacial score (nSPS) is 14.8. The summed E-state index contributed by atoms with van der Waals surface area (Å²) in [4.78, 5) is 28.1. The third kappa shape index (κ3) is 6.90. The van der Waals surface area contributed by atoms with Gasteiger partial charge in [0.15, 0.2) is 0 Å². The van der Waals surface area contributed by atoms with Crippen LogP contribution in [0.5, 0.6) is 0 Å². The molecule has 0 radical (unpaired) electrons. The molecule has 1 saturated carbocycles. The highest BCUT2D eigenvalue weighted by molar-refractivity contribution is 7.99. The Morgan fingerprint density at radius 1 is 1.06 bits per heavy atom. The van der Waals surface area contributed by atoms with Gasteiger partial charge < -0.3 is 10.2 Å². The fraction of sp³-hybridized carbons (Fsp3) is 0.440. The molecule has 4 nitrogen and oxygen atoms in total. The molecule has 2 aromatic carbocycles. The van der Waals surface area contributed by atoms with Gasteiger partial charge in [0, 0.05) is 33.9 Å². The number of nitrogens with zero attached hydrogens (tertiary/aromatic N) is 1. The molecule has 172 valence electrons. The summed E-state index contributed by atoms with van der Waals surface area (Å²) < 4.78 is 0. The van der Waals surface area contributed by atoms with Crippen LogP contribution in [0.2, 0.25) is 10.0 Å². The molecule has 2 amide bonds. The molecule has 0 heterocycles. The van der Waals surface area contributed by atoms with Crippen molar-refractivity contribution in [3.63, 3.8) is 0 Å². The average Bonchev–Trinajstić information content (AvgIpc) is 3.29. The molecule has 1 N–H and O–H groups in total. The summed E-state index contributed by atoms with van der Waals surface area (Å²) in [5.74, 6) is 0.835. The summed E-state index contributed by atoms with van der Waals surface area (Å²) in [6.07, 6.45) is 4.79. The molecule has 0 aromatic heterocycles. The van der Waals surface area contributed by atoms with Crippen molar-refractivity contribution in [2.24, 2.45) is 0 Å². The molecule has 0 unspecified atom stereocenters. The number of carbonyl (C=O) groups excluding carboxylic acids is 2. The van der Waals surface area contributed by atoms with Gasteiger partial charge >= 0.3 is 0 Å². The first-order chi connectivity index (χ1) is 15.5. The summed E-state index contributed by atoms with van der Waals surface area (Å²) in [6, 6.07) is 15.0. The molecule has 0 saturated heterocycles. The van der Waals surface area contributed by atoms with E-state index in [0.717, 1.165) is 37.0 Å². The van der Waals surface area contributed by atoms with Crippen LogP contribution in [0.4, 0.5) is 0 Å². The van der Waals surface area contributed by atoms with E-state index in [-0.39, 0.29) is 30.2 Å². The van der Waals surface area contributed by atoms with Gasteiger partial charge in [0.2, 0.25) is 11.8 Å². The summed E-state index contributed by atoms with van der Waals surface area (Å²) in [5, 5.41) is 4.15. The summed E-state index contributed by atoms with van der Waals surface area (Å²) in [7, 11) is 0. The molecule has 1 aliphatic rings. The standard InChI is InChI=1S/C25H30Cl2N2O2S/c1-2-23(25(31)28-19-11-6-7-12-19)29(15-20-21(26)13-8-14-22(20)27)24(30)17-32-16-18-9-4-3-5-10-18/h3-5,8-10,13-14,19,23H,2,6-7,11-12,15-17H2,1H3,(H,28,31)/t23-/m0/s1. The van der Waals surface area contributed by atoms with Crippen molar-refractivity contribution in [2.75, 3.05) is 5.75 Å². The minimum Gasteiger partial charge on any atom is -0.352 e. The van der Waals surface area contributed by atoms with E-state index in [0.29, 0.717) is 22.0 Å². The number of halogens is 2. The largest absolute Gasteiger partial charge is 0.352 e.